The van der Waals surface area contributed by atoms with Gasteiger partial charge in [-0.1, -0.05) is 6.07 Å². The molecule has 0 radical (unpaired) electrons. The van der Waals surface area contributed by atoms with Crippen LogP contribution in [0.1, 0.15) is 47.2 Å². The molecular formula is C20H20F4N2O2. The number of nitrogens with zero attached hydrogens (tertiary/aromatic N) is 1. The fraction of sp³-hybridized carbons (Fsp3) is 0.400. The molecule has 150 valence electrons. The van der Waals surface area contributed by atoms with Crippen LogP contribution in [-0.4, -0.2) is 23.9 Å². The van der Waals surface area contributed by atoms with E-state index in [4.69, 9.17) is 10.5 Å². The Morgan fingerprint density at radius 1 is 1.18 bits per heavy atom. The molecule has 1 amide bonds. The van der Waals surface area contributed by atoms with E-state index in [2.05, 4.69) is 4.98 Å². The summed E-state index contributed by atoms with van der Waals surface area (Å²) < 4.78 is 60.9. The Hall–Kier alpha value is -2.64. The first kappa shape index (κ1) is 20.1. The van der Waals surface area contributed by atoms with Crippen molar-refractivity contribution in [3.8, 4) is 5.75 Å². The van der Waals surface area contributed by atoms with Crippen LogP contribution < -0.4 is 10.5 Å². The molecule has 1 aliphatic carbocycles. The second-order valence-corrected chi connectivity index (χ2v) is 7.19. The quantitative estimate of drug-likeness (QED) is 0.610. The van der Waals surface area contributed by atoms with Crippen molar-refractivity contribution in [2.75, 3.05) is 7.11 Å². The molecule has 2 N–H and O–H groups in total. The minimum absolute atomic E-state index is 0.0275. The lowest BCUT2D eigenvalue weighted by Gasteiger charge is -2.41. The minimum Gasteiger partial charge on any atom is -0.497 e. The van der Waals surface area contributed by atoms with Gasteiger partial charge in [0.2, 0.25) is 11.9 Å². The lowest BCUT2D eigenvalue weighted by atomic mass is 9.65. The lowest BCUT2D eigenvalue weighted by molar-refractivity contribution is -0.0522. The second-order valence-electron chi connectivity index (χ2n) is 7.19. The standard InChI is InChI=1S/C20H20F4N2O2/c1-28-14-8-12(17(22)15(9-14)18(25)27)10-19(4-6-20(23,24)7-5-19)13-2-3-16(21)26-11-13/h2-3,8-9,11H,4-7,10H2,1H3,(H2,25,27). The van der Waals surface area contributed by atoms with Crippen LogP contribution in [0.4, 0.5) is 17.6 Å². The lowest BCUT2D eigenvalue weighted by Crippen LogP contribution is -2.38. The molecule has 1 saturated carbocycles. The third-order valence-electron chi connectivity index (χ3n) is 5.43. The number of alkyl halides is 2. The van der Waals surface area contributed by atoms with Crippen LogP contribution in [0, 0.1) is 11.8 Å². The highest BCUT2D eigenvalue weighted by atomic mass is 19.3. The summed E-state index contributed by atoms with van der Waals surface area (Å²) in [6, 6.07) is 5.26. The highest BCUT2D eigenvalue weighted by Gasteiger charge is 2.45. The summed E-state index contributed by atoms with van der Waals surface area (Å²) >= 11 is 0. The summed E-state index contributed by atoms with van der Waals surface area (Å²) in [5.74, 6) is -5.02. The number of benzene rings is 1. The zero-order chi connectivity index (χ0) is 20.5. The molecule has 1 fully saturated rings. The summed E-state index contributed by atoms with van der Waals surface area (Å²) in [5, 5.41) is 0. The average Bonchev–Trinajstić information content (AvgIpc) is 2.65. The topological polar surface area (TPSA) is 65.2 Å². The number of aromatic nitrogens is 1. The molecule has 0 aliphatic heterocycles. The summed E-state index contributed by atoms with van der Waals surface area (Å²) in [5.41, 5.74) is 4.73. The maximum Gasteiger partial charge on any atom is 0.251 e. The van der Waals surface area contributed by atoms with Crippen LogP contribution in [0.25, 0.3) is 0 Å². The third-order valence-corrected chi connectivity index (χ3v) is 5.43. The van der Waals surface area contributed by atoms with Gasteiger partial charge in [0.1, 0.15) is 11.6 Å². The number of hydrogen-bond donors (Lipinski definition) is 1. The Labute approximate surface area is 159 Å². The molecule has 1 aromatic heterocycles. The van der Waals surface area contributed by atoms with Gasteiger partial charge in [0, 0.05) is 24.5 Å². The number of hydrogen-bond acceptors (Lipinski definition) is 3. The van der Waals surface area contributed by atoms with Crippen LogP contribution in [0.3, 0.4) is 0 Å². The van der Waals surface area contributed by atoms with Crippen molar-refractivity contribution in [2.24, 2.45) is 5.73 Å². The number of pyridine rings is 1. The van der Waals surface area contributed by atoms with E-state index in [1.165, 1.54) is 31.5 Å². The maximum atomic E-state index is 14.9. The first-order valence-corrected chi connectivity index (χ1v) is 8.82. The van der Waals surface area contributed by atoms with Gasteiger partial charge < -0.3 is 10.5 Å². The molecular weight excluding hydrogens is 376 g/mol. The van der Waals surface area contributed by atoms with Crippen LogP contribution in [0.15, 0.2) is 30.5 Å². The van der Waals surface area contributed by atoms with Crippen molar-refractivity contribution in [3.63, 3.8) is 0 Å². The van der Waals surface area contributed by atoms with Gasteiger partial charge in [-0.3, -0.25) is 4.79 Å². The molecule has 0 spiro atoms. The molecule has 0 bridgehead atoms. The number of halogens is 4. The van der Waals surface area contributed by atoms with Crippen molar-refractivity contribution in [1.29, 1.82) is 0 Å². The molecule has 2 aromatic rings. The van der Waals surface area contributed by atoms with E-state index < -0.39 is 29.0 Å². The SMILES string of the molecule is COc1cc(CC2(c3ccc(F)nc3)CCC(F)(F)CC2)c(F)c(C(N)=O)c1. The van der Waals surface area contributed by atoms with E-state index >= 15 is 0 Å². The van der Waals surface area contributed by atoms with Crippen molar-refractivity contribution < 1.29 is 27.1 Å². The predicted octanol–water partition coefficient (Wildman–Crippen LogP) is 4.16. The minimum atomic E-state index is -2.80. The van der Waals surface area contributed by atoms with Crippen molar-refractivity contribution in [3.05, 3.63) is 58.9 Å². The number of primary amides is 1. The smallest absolute Gasteiger partial charge is 0.251 e. The fourth-order valence-electron chi connectivity index (χ4n) is 3.80. The van der Waals surface area contributed by atoms with E-state index in [0.717, 1.165) is 6.07 Å². The summed E-state index contributed by atoms with van der Waals surface area (Å²) in [4.78, 5) is 15.2. The Kier molecular flexibility index (Phi) is 5.32. The van der Waals surface area contributed by atoms with Crippen LogP contribution in [-0.2, 0) is 11.8 Å². The number of methoxy groups -OCH3 is 1. The zero-order valence-electron chi connectivity index (χ0n) is 15.3. The highest BCUT2D eigenvalue weighted by Crippen LogP contribution is 2.47. The normalized spacial score (nSPS) is 17.9. The van der Waals surface area contributed by atoms with Gasteiger partial charge in [-0.05, 0) is 48.6 Å². The Balaban J connectivity index is 2.07. The predicted molar refractivity (Wildman–Crippen MR) is 94.5 cm³/mol. The molecule has 28 heavy (non-hydrogen) atoms. The number of nitrogens with two attached hydrogens (primary N) is 1. The number of carbonyl (C=O) groups is 1. The number of carbonyl (C=O) groups excluding carboxylic acids is 1. The molecule has 3 rings (SSSR count). The van der Waals surface area contributed by atoms with Crippen molar-refractivity contribution >= 4 is 5.91 Å². The number of ether oxygens (including phenoxy) is 1. The maximum absolute atomic E-state index is 14.9. The van der Waals surface area contributed by atoms with Gasteiger partial charge >= 0.3 is 0 Å². The molecule has 1 aliphatic rings. The summed E-state index contributed by atoms with van der Waals surface area (Å²) in [7, 11) is 1.36. The largest absolute Gasteiger partial charge is 0.497 e. The monoisotopic (exact) mass is 396 g/mol. The van der Waals surface area contributed by atoms with E-state index in [9.17, 15) is 22.4 Å². The fourth-order valence-corrected chi connectivity index (χ4v) is 3.80. The Morgan fingerprint density at radius 3 is 2.39 bits per heavy atom. The van der Waals surface area contributed by atoms with E-state index in [-0.39, 0.29) is 49.0 Å². The number of rotatable bonds is 5. The Bertz CT molecular complexity index is 875. The second kappa shape index (κ2) is 7.41. The van der Waals surface area contributed by atoms with Crippen LogP contribution in [0.5, 0.6) is 5.75 Å². The van der Waals surface area contributed by atoms with Crippen LogP contribution >= 0.6 is 0 Å². The zero-order valence-corrected chi connectivity index (χ0v) is 15.3. The van der Waals surface area contributed by atoms with Gasteiger partial charge in [-0.15, -0.1) is 0 Å². The molecule has 0 unspecified atom stereocenters. The molecule has 1 aromatic carbocycles. The first-order valence-electron chi connectivity index (χ1n) is 8.82. The molecule has 8 heteroatoms. The van der Waals surface area contributed by atoms with Gasteiger partial charge in [-0.2, -0.15) is 4.39 Å². The Morgan fingerprint density at radius 2 is 1.86 bits per heavy atom. The third kappa shape index (κ3) is 3.95. The van der Waals surface area contributed by atoms with Crippen molar-refractivity contribution in [2.45, 2.75) is 43.4 Å². The summed E-state index contributed by atoms with van der Waals surface area (Å²) in [6.07, 6.45) is 0.703. The molecule has 4 nitrogen and oxygen atoms in total. The first-order chi connectivity index (χ1) is 13.2. The van der Waals surface area contributed by atoms with E-state index in [1.807, 2.05) is 0 Å². The molecule has 0 saturated heterocycles. The molecule has 1 heterocycles. The van der Waals surface area contributed by atoms with Crippen LogP contribution in [0.2, 0.25) is 0 Å². The van der Waals surface area contributed by atoms with Gasteiger partial charge in [0.05, 0.1) is 12.7 Å². The van der Waals surface area contributed by atoms with Crippen molar-refractivity contribution in [1.82, 2.24) is 4.98 Å². The summed E-state index contributed by atoms with van der Waals surface area (Å²) in [6.45, 7) is 0. The van der Waals surface area contributed by atoms with Gasteiger partial charge in [0.15, 0.2) is 0 Å². The van der Waals surface area contributed by atoms with Gasteiger partial charge in [0.25, 0.3) is 5.91 Å². The molecule has 0 atom stereocenters. The number of amides is 1. The average molecular weight is 396 g/mol. The highest BCUT2D eigenvalue weighted by molar-refractivity contribution is 5.93. The van der Waals surface area contributed by atoms with E-state index in [1.54, 1.807) is 0 Å². The van der Waals surface area contributed by atoms with Gasteiger partial charge in [-0.25, -0.2) is 18.2 Å². The van der Waals surface area contributed by atoms with E-state index in [0.29, 0.717) is 5.56 Å².